The molecule has 1 atom stereocenters. The second-order valence-corrected chi connectivity index (χ2v) is 5.51. The van der Waals surface area contributed by atoms with Crippen LogP contribution < -0.4 is 0 Å². The van der Waals surface area contributed by atoms with Crippen molar-refractivity contribution in [3.63, 3.8) is 0 Å². The lowest BCUT2D eigenvalue weighted by molar-refractivity contribution is 0.221. The second-order valence-electron chi connectivity index (χ2n) is 5.51. The molecule has 1 heteroatoms. The zero-order valence-corrected chi connectivity index (χ0v) is 12.5. The van der Waals surface area contributed by atoms with E-state index in [2.05, 4.69) is 50.2 Å². The minimum absolute atomic E-state index is 0.581. The van der Waals surface area contributed by atoms with Crippen molar-refractivity contribution < 1.29 is 5.11 Å². The average molecular weight is 276 g/mol. The summed E-state index contributed by atoms with van der Waals surface area (Å²) in [7, 11) is 0. The highest BCUT2D eigenvalue weighted by Crippen LogP contribution is 2.31. The first kappa shape index (κ1) is 13.8. The predicted octanol–water partition coefficient (Wildman–Crippen LogP) is 4.79. The van der Waals surface area contributed by atoms with Crippen LogP contribution in [0.5, 0.6) is 0 Å². The number of aliphatic hydroxyl groups is 1. The van der Waals surface area contributed by atoms with E-state index in [1.165, 1.54) is 10.9 Å². The molecular weight excluding hydrogens is 256 g/mol. The van der Waals surface area contributed by atoms with Crippen molar-refractivity contribution in [1.82, 2.24) is 0 Å². The standard InChI is InChI=1S/C20H20O/c1-3-15-9-12-17(13-10-15)20(21)19-14(2)8-11-16-6-4-5-7-18(16)19/h4-13,20-21H,3H2,1-2H3/t20-/m0/s1. The number of rotatable bonds is 3. The SMILES string of the molecule is CCc1ccc([C@H](O)c2c(C)ccc3ccccc23)cc1. The van der Waals surface area contributed by atoms with E-state index in [0.29, 0.717) is 0 Å². The summed E-state index contributed by atoms with van der Waals surface area (Å²) in [5.41, 5.74) is 4.38. The molecule has 0 unspecified atom stereocenters. The predicted molar refractivity (Wildman–Crippen MR) is 88.6 cm³/mol. The molecule has 3 rings (SSSR count). The molecule has 21 heavy (non-hydrogen) atoms. The average Bonchev–Trinajstić information content (AvgIpc) is 2.54. The zero-order chi connectivity index (χ0) is 14.8. The molecule has 0 aliphatic carbocycles. The fourth-order valence-corrected chi connectivity index (χ4v) is 2.87. The third-order valence-electron chi connectivity index (χ3n) is 4.17. The highest BCUT2D eigenvalue weighted by atomic mass is 16.3. The molecule has 0 fully saturated rings. The van der Waals surface area contributed by atoms with Gasteiger partial charge in [0.15, 0.2) is 0 Å². The van der Waals surface area contributed by atoms with Gasteiger partial charge < -0.3 is 5.11 Å². The van der Waals surface area contributed by atoms with Crippen LogP contribution in [0.1, 0.15) is 35.3 Å². The Hall–Kier alpha value is -2.12. The van der Waals surface area contributed by atoms with Crippen LogP contribution >= 0.6 is 0 Å². The smallest absolute Gasteiger partial charge is 0.105 e. The third kappa shape index (κ3) is 2.57. The molecule has 0 radical (unpaired) electrons. The van der Waals surface area contributed by atoms with Crippen LogP contribution in [0, 0.1) is 6.92 Å². The summed E-state index contributed by atoms with van der Waals surface area (Å²) in [5, 5.41) is 13.1. The molecule has 0 saturated heterocycles. The molecule has 3 aromatic rings. The van der Waals surface area contributed by atoms with E-state index in [1.54, 1.807) is 0 Å². The summed E-state index contributed by atoms with van der Waals surface area (Å²) in [4.78, 5) is 0. The highest BCUT2D eigenvalue weighted by Gasteiger charge is 2.15. The number of hydrogen-bond acceptors (Lipinski definition) is 1. The van der Waals surface area contributed by atoms with Gasteiger partial charge in [-0.1, -0.05) is 67.6 Å². The fourth-order valence-electron chi connectivity index (χ4n) is 2.87. The van der Waals surface area contributed by atoms with Crippen molar-refractivity contribution in [2.45, 2.75) is 26.4 Å². The van der Waals surface area contributed by atoms with Gasteiger partial charge in [-0.15, -0.1) is 0 Å². The largest absolute Gasteiger partial charge is 0.384 e. The molecule has 1 nitrogen and oxygen atoms in total. The van der Waals surface area contributed by atoms with Crippen LogP contribution in [-0.4, -0.2) is 5.11 Å². The van der Waals surface area contributed by atoms with Crippen LogP contribution in [0.2, 0.25) is 0 Å². The van der Waals surface area contributed by atoms with Crippen molar-refractivity contribution >= 4 is 10.8 Å². The lowest BCUT2D eigenvalue weighted by Gasteiger charge is -2.17. The van der Waals surface area contributed by atoms with Gasteiger partial charge in [-0.25, -0.2) is 0 Å². The Morgan fingerprint density at radius 1 is 0.905 bits per heavy atom. The highest BCUT2D eigenvalue weighted by molar-refractivity contribution is 5.87. The van der Waals surface area contributed by atoms with Gasteiger partial charge in [0.2, 0.25) is 0 Å². The van der Waals surface area contributed by atoms with E-state index in [0.717, 1.165) is 28.5 Å². The number of fused-ring (bicyclic) bond motifs is 1. The first-order valence-corrected chi connectivity index (χ1v) is 7.46. The maximum atomic E-state index is 10.8. The van der Waals surface area contributed by atoms with Gasteiger partial charge in [0.05, 0.1) is 0 Å². The Morgan fingerprint density at radius 3 is 2.33 bits per heavy atom. The second kappa shape index (κ2) is 5.71. The zero-order valence-electron chi connectivity index (χ0n) is 12.5. The van der Waals surface area contributed by atoms with Crippen LogP contribution in [0.25, 0.3) is 10.8 Å². The van der Waals surface area contributed by atoms with E-state index >= 15 is 0 Å². The van der Waals surface area contributed by atoms with Crippen molar-refractivity contribution in [2.75, 3.05) is 0 Å². The third-order valence-corrected chi connectivity index (χ3v) is 4.17. The monoisotopic (exact) mass is 276 g/mol. The van der Waals surface area contributed by atoms with Crippen LogP contribution in [-0.2, 0) is 6.42 Å². The number of aryl methyl sites for hydroxylation is 2. The molecule has 0 aliphatic heterocycles. The molecule has 3 aromatic carbocycles. The van der Waals surface area contributed by atoms with Gasteiger partial charge in [-0.2, -0.15) is 0 Å². The maximum absolute atomic E-state index is 10.8. The Kier molecular flexibility index (Phi) is 3.76. The minimum atomic E-state index is -0.581. The Labute approximate surface area is 125 Å². The molecule has 0 amide bonds. The van der Waals surface area contributed by atoms with Crippen molar-refractivity contribution in [1.29, 1.82) is 0 Å². The van der Waals surface area contributed by atoms with E-state index in [9.17, 15) is 5.11 Å². The van der Waals surface area contributed by atoms with Gasteiger partial charge in [-0.05, 0) is 46.4 Å². The normalized spacial score (nSPS) is 12.5. The summed E-state index contributed by atoms with van der Waals surface area (Å²) >= 11 is 0. The summed E-state index contributed by atoms with van der Waals surface area (Å²) in [6.45, 7) is 4.20. The molecule has 0 saturated carbocycles. The number of hydrogen-bond donors (Lipinski definition) is 1. The Morgan fingerprint density at radius 2 is 1.62 bits per heavy atom. The number of aliphatic hydroxyl groups excluding tert-OH is 1. The van der Waals surface area contributed by atoms with E-state index in [1.807, 2.05) is 24.3 Å². The van der Waals surface area contributed by atoms with Crippen molar-refractivity contribution in [2.24, 2.45) is 0 Å². The van der Waals surface area contributed by atoms with Crippen LogP contribution in [0.4, 0.5) is 0 Å². The summed E-state index contributed by atoms with van der Waals surface area (Å²) < 4.78 is 0. The Balaban J connectivity index is 2.12. The van der Waals surface area contributed by atoms with Crippen molar-refractivity contribution in [3.8, 4) is 0 Å². The van der Waals surface area contributed by atoms with Gasteiger partial charge in [0.25, 0.3) is 0 Å². The number of benzene rings is 3. The first-order valence-electron chi connectivity index (χ1n) is 7.46. The summed E-state index contributed by atoms with van der Waals surface area (Å²) in [6, 6.07) is 20.7. The molecule has 1 N–H and O–H groups in total. The molecule has 0 aliphatic rings. The molecule has 0 heterocycles. The maximum Gasteiger partial charge on any atom is 0.105 e. The minimum Gasteiger partial charge on any atom is -0.384 e. The fraction of sp³-hybridized carbons (Fsp3) is 0.200. The topological polar surface area (TPSA) is 20.2 Å². The lowest BCUT2D eigenvalue weighted by atomic mass is 9.91. The first-order chi connectivity index (χ1) is 10.2. The van der Waals surface area contributed by atoms with Gasteiger partial charge in [0.1, 0.15) is 6.10 Å². The van der Waals surface area contributed by atoms with Gasteiger partial charge in [0, 0.05) is 0 Å². The molecule has 0 bridgehead atoms. The molecular formula is C20H20O. The quantitative estimate of drug-likeness (QED) is 0.729. The van der Waals surface area contributed by atoms with Gasteiger partial charge in [-0.3, -0.25) is 0 Å². The molecule has 106 valence electrons. The Bertz CT molecular complexity index is 756. The summed E-state index contributed by atoms with van der Waals surface area (Å²) in [6.07, 6.45) is 0.436. The molecule has 0 spiro atoms. The van der Waals surface area contributed by atoms with E-state index in [4.69, 9.17) is 0 Å². The van der Waals surface area contributed by atoms with Crippen molar-refractivity contribution in [3.05, 3.63) is 82.9 Å². The molecule has 0 aromatic heterocycles. The summed E-state index contributed by atoms with van der Waals surface area (Å²) in [5.74, 6) is 0. The van der Waals surface area contributed by atoms with E-state index in [-0.39, 0.29) is 0 Å². The van der Waals surface area contributed by atoms with Crippen LogP contribution in [0.3, 0.4) is 0 Å². The van der Waals surface area contributed by atoms with E-state index < -0.39 is 6.10 Å². The lowest BCUT2D eigenvalue weighted by Crippen LogP contribution is -2.03. The van der Waals surface area contributed by atoms with Gasteiger partial charge >= 0.3 is 0 Å². The van der Waals surface area contributed by atoms with Crippen LogP contribution in [0.15, 0.2) is 60.7 Å².